The highest BCUT2D eigenvalue weighted by Gasteiger charge is 2.21. The fourth-order valence-corrected chi connectivity index (χ4v) is 4.38. The Hall–Kier alpha value is -4.25. The average Bonchev–Trinajstić information content (AvgIpc) is 2.87. The van der Waals surface area contributed by atoms with Gasteiger partial charge in [-0.1, -0.05) is 60.7 Å². The highest BCUT2D eigenvalue weighted by atomic mass is 16.1. The van der Waals surface area contributed by atoms with Gasteiger partial charge in [-0.25, -0.2) is 4.98 Å². The SMILES string of the molecule is Cc1ccc(N(C)c2ccc3nc(C)n(C(c4ccccc4)c4ccccc4)c(=O)c3c2)cn1. The lowest BCUT2D eigenvalue weighted by atomic mass is 9.98. The number of pyridine rings is 1. The summed E-state index contributed by atoms with van der Waals surface area (Å²) in [6.45, 7) is 3.86. The number of hydrogen-bond donors (Lipinski definition) is 0. The molecule has 0 amide bonds. The summed E-state index contributed by atoms with van der Waals surface area (Å²) in [5.74, 6) is 0.680. The van der Waals surface area contributed by atoms with E-state index in [1.54, 1.807) is 0 Å². The van der Waals surface area contributed by atoms with Crippen LogP contribution in [-0.2, 0) is 0 Å². The molecule has 0 fully saturated rings. The third kappa shape index (κ3) is 3.97. The highest BCUT2D eigenvalue weighted by Crippen LogP contribution is 2.29. The molecule has 0 N–H and O–H groups in total. The molecule has 5 rings (SSSR count). The minimum Gasteiger partial charge on any atom is -0.343 e. The van der Waals surface area contributed by atoms with E-state index in [4.69, 9.17) is 4.98 Å². The Balaban J connectivity index is 1.69. The summed E-state index contributed by atoms with van der Waals surface area (Å²) in [4.78, 5) is 25.2. The molecule has 0 unspecified atom stereocenters. The fourth-order valence-electron chi connectivity index (χ4n) is 4.38. The van der Waals surface area contributed by atoms with Crippen molar-refractivity contribution >= 4 is 22.3 Å². The number of aryl methyl sites for hydroxylation is 2. The Labute approximate surface area is 199 Å². The average molecular weight is 447 g/mol. The van der Waals surface area contributed by atoms with Crippen molar-refractivity contribution < 1.29 is 0 Å². The van der Waals surface area contributed by atoms with Crippen molar-refractivity contribution in [3.8, 4) is 0 Å². The first-order chi connectivity index (χ1) is 16.5. The molecule has 2 heterocycles. The minimum atomic E-state index is -0.269. The minimum absolute atomic E-state index is 0.0579. The smallest absolute Gasteiger partial charge is 0.262 e. The van der Waals surface area contributed by atoms with E-state index in [-0.39, 0.29) is 11.6 Å². The molecule has 0 saturated carbocycles. The predicted molar refractivity (Wildman–Crippen MR) is 138 cm³/mol. The van der Waals surface area contributed by atoms with Gasteiger partial charge >= 0.3 is 0 Å². The molecule has 0 aliphatic rings. The first kappa shape index (κ1) is 21.6. The summed E-state index contributed by atoms with van der Waals surface area (Å²) in [6, 6.07) is 29.8. The largest absolute Gasteiger partial charge is 0.343 e. The molecule has 5 nitrogen and oxygen atoms in total. The molecule has 0 bridgehead atoms. The monoisotopic (exact) mass is 446 g/mol. The van der Waals surface area contributed by atoms with Crippen LogP contribution in [0.5, 0.6) is 0 Å². The van der Waals surface area contributed by atoms with Crippen LogP contribution < -0.4 is 10.5 Å². The number of hydrogen-bond acceptors (Lipinski definition) is 4. The molecule has 2 aromatic heterocycles. The van der Waals surface area contributed by atoms with Gasteiger partial charge in [0.15, 0.2) is 0 Å². The van der Waals surface area contributed by atoms with Gasteiger partial charge in [0, 0.05) is 18.4 Å². The Kier molecular flexibility index (Phi) is 5.68. The topological polar surface area (TPSA) is 51.0 Å². The second-order valence-electron chi connectivity index (χ2n) is 8.48. The molecule has 34 heavy (non-hydrogen) atoms. The second-order valence-corrected chi connectivity index (χ2v) is 8.48. The van der Waals surface area contributed by atoms with E-state index in [1.165, 1.54) is 0 Å². The third-order valence-corrected chi connectivity index (χ3v) is 6.22. The van der Waals surface area contributed by atoms with Crippen LogP contribution in [0.3, 0.4) is 0 Å². The molecule has 3 aromatic carbocycles. The van der Waals surface area contributed by atoms with Gasteiger partial charge in [0.1, 0.15) is 5.82 Å². The van der Waals surface area contributed by atoms with E-state index >= 15 is 0 Å². The fraction of sp³-hybridized carbons (Fsp3) is 0.138. The maximum absolute atomic E-state index is 14.0. The molecule has 0 spiro atoms. The summed E-state index contributed by atoms with van der Waals surface area (Å²) in [5, 5.41) is 0.590. The molecule has 5 heteroatoms. The van der Waals surface area contributed by atoms with Crippen molar-refractivity contribution in [2.45, 2.75) is 19.9 Å². The van der Waals surface area contributed by atoms with Crippen LogP contribution in [0.1, 0.15) is 28.7 Å². The Bertz CT molecular complexity index is 1450. The normalized spacial score (nSPS) is 11.2. The maximum atomic E-state index is 14.0. The zero-order valence-electron chi connectivity index (χ0n) is 19.5. The van der Waals surface area contributed by atoms with Crippen LogP contribution in [0, 0.1) is 13.8 Å². The number of anilines is 2. The van der Waals surface area contributed by atoms with Gasteiger partial charge in [-0.3, -0.25) is 14.3 Å². The molecular formula is C29H26N4O. The Morgan fingerprint density at radius 2 is 1.41 bits per heavy atom. The number of aromatic nitrogens is 3. The lowest BCUT2D eigenvalue weighted by molar-refractivity contribution is 0.620. The predicted octanol–water partition coefficient (Wildman–Crippen LogP) is 5.81. The number of nitrogens with zero attached hydrogens (tertiary/aromatic N) is 4. The van der Waals surface area contributed by atoms with E-state index in [0.717, 1.165) is 28.2 Å². The summed E-state index contributed by atoms with van der Waals surface area (Å²) in [7, 11) is 1.98. The van der Waals surface area contributed by atoms with Gasteiger partial charge in [0.05, 0.1) is 28.8 Å². The van der Waals surface area contributed by atoms with Crippen molar-refractivity contribution in [3.63, 3.8) is 0 Å². The maximum Gasteiger partial charge on any atom is 0.262 e. The van der Waals surface area contributed by atoms with Crippen molar-refractivity contribution in [1.29, 1.82) is 0 Å². The summed E-state index contributed by atoms with van der Waals surface area (Å²) in [5.41, 5.74) is 5.54. The van der Waals surface area contributed by atoms with Crippen LogP contribution in [-0.4, -0.2) is 21.6 Å². The summed E-state index contributed by atoms with van der Waals surface area (Å²) < 4.78 is 1.81. The van der Waals surface area contributed by atoms with Crippen LogP contribution >= 0.6 is 0 Å². The molecule has 168 valence electrons. The van der Waals surface area contributed by atoms with Crippen molar-refractivity contribution in [2.24, 2.45) is 0 Å². The first-order valence-corrected chi connectivity index (χ1v) is 11.3. The van der Waals surface area contributed by atoms with E-state index < -0.39 is 0 Å². The number of rotatable bonds is 5. The lowest BCUT2D eigenvalue weighted by Crippen LogP contribution is -2.29. The molecular weight excluding hydrogens is 420 g/mol. The molecule has 0 radical (unpaired) electrons. The molecule has 0 aliphatic carbocycles. The van der Waals surface area contributed by atoms with E-state index in [9.17, 15) is 4.79 Å². The molecule has 0 aliphatic heterocycles. The summed E-state index contributed by atoms with van der Waals surface area (Å²) in [6.07, 6.45) is 1.84. The van der Waals surface area contributed by atoms with E-state index in [2.05, 4.69) is 29.2 Å². The van der Waals surface area contributed by atoms with Crippen LogP contribution in [0.2, 0.25) is 0 Å². The van der Waals surface area contributed by atoms with Crippen molar-refractivity contribution in [2.75, 3.05) is 11.9 Å². The summed E-state index contributed by atoms with van der Waals surface area (Å²) >= 11 is 0. The van der Waals surface area contributed by atoms with Crippen molar-refractivity contribution in [3.05, 3.63) is 130 Å². The number of benzene rings is 3. The first-order valence-electron chi connectivity index (χ1n) is 11.3. The molecule has 5 aromatic rings. The Morgan fingerprint density at radius 1 is 0.794 bits per heavy atom. The number of fused-ring (bicyclic) bond motifs is 1. The van der Waals surface area contributed by atoms with Crippen LogP contribution in [0.4, 0.5) is 11.4 Å². The molecule has 0 atom stereocenters. The zero-order valence-corrected chi connectivity index (χ0v) is 19.5. The quantitative estimate of drug-likeness (QED) is 0.342. The van der Waals surface area contributed by atoms with Crippen LogP contribution in [0.15, 0.2) is 102 Å². The van der Waals surface area contributed by atoms with Gasteiger partial charge in [0.2, 0.25) is 0 Å². The second kappa shape index (κ2) is 8.94. The van der Waals surface area contributed by atoms with Crippen LogP contribution in [0.25, 0.3) is 10.9 Å². The molecule has 0 saturated heterocycles. The third-order valence-electron chi connectivity index (χ3n) is 6.22. The highest BCUT2D eigenvalue weighted by molar-refractivity contribution is 5.83. The van der Waals surface area contributed by atoms with E-state index in [1.807, 2.05) is 103 Å². The lowest BCUT2D eigenvalue weighted by Gasteiger charge is -2.24. The van der Waals surface area contributed by atoms with Gasteiger partial charge in [-0.2, -0.15) is 0 Å². The standard InChI is InChI=1S/C29H26N4O/c1-20-14-15-25(19-30-20)32(3)24-16-17-27-26(18-24)29(34)33(21(2)31-27)28(22-10-6-4-7-11-22)23-12-8-5-9-13-23/h4-19,28H,1-3H3. The van der Waals surface area contributed by atoms with Gasteiger partial charge in [-0.05, 0) is 55.3 Å². The van der Waals surface area contributed by atoms with E-state index in [0.29, 0.717) is 16.7 Å². The van der Waals surface area contributed by atoms with Gasteiger partial charge in [-0.15, -0.1) is 0 Å². The van der Waals surface area contributed by atoms with Crippen molar-refractivity contribution in [1.82, 2.24) is 14.5 Å². The van der Waals surface area contributed by atoms with Gasteiger partial charge in [0.25, 0.3) is 5.56 Å². The zero-order chi connectivity index (χ0) is 23.7. The Morgan fingerprint density at radius 3 is 2.00 bits per heavy atom. The van der Waals surface area contributed by atoms with Gasteiger partial charge < -0.3 is 4.90 Å².